The number of carbonyl (C=O) groups is 1. The normalized spacial score (nSPS) is 14.0. The molecule has 0 spiro atoms. The Morgan fingerprint density at radius 3 is 2.16 bits per heavy atom. The van der Waals surface area contributed by atoms with Crippen molar-refractivity contribution in [2.45, 2.75) is 43.8 Å². The molecule has 7 heteroatoms. The summed E-state index contributed by atoms with van der Waals surface area (Å²) in [5, 5.41) is 0. The third-order valence-electron chi connectivity index (χ3n) is 5.31. The summed E-state index contributed by atoms with van der Waals surface area (Å²) in [5.41, 5.74) is 0.975. The van der Waals surface area contributed by atoms with E-state index >= 15 is 0 Å². The molecule has 1 amide bonds. The monoisotopic (exact) mass is 438 g/mol. The van der Waals surface area contributed by atoms with Crippen LogP contribution in [0.3, 0.4) is 0 Å². The van der Waals surface area contributed by atoms with Crippen LogP contribution in [0.5, 0.6) is 0 Å². The molecule has 1 aliphatic carbocycles. The van der Waals surface area contributed by atoms with Crippen molar-refractivity contribution in [1.82, 2.24) is 9.21 Å². The number of hydrogen-bond donors (Lipinski definition) is 0. The molecule has 0 saturated heterocycles. The highest BCUT2D eigenvalue weighted by Crippen LogP contribution is 2.32. The predicted molar refractivity (Wildman–Crippen MR) is 117 cm³/mol. The van der Waals surface area contributed by atoms with Crippen molar-refractivity contribution in [2.75, 3.05) is 6.54 Å². The van der Waals surface area contributed by atoms with Crippen LogP contribution in [0, 0.1) is 6.92 Å². The quantitative estimate of drug-likeness (QED) is 0.507. The highest BCUT2D eigenvalue weighted by atomic mass is 32.2. The zero-order valence-electron chi connectivity index (χ0n) is 17.5. The van der Waals surface area contributed by atoms with Gasteiger partial charge in [-0.05, 0) is 49.6 Å². The molecule has 2 aromatic carbocycles. The lowest BCUT2D eigenvalue weighted by molar-refractivity contribution is -0.133. The third-order valence-corrected chi connectivity index (χ3v) is 7.22. The van der Waals surface area contributed by atoms with Gasteiger partial charge in [0.2, 0.25) is 15.9 Å². The molecule has 31 heavy (non-hydrogen) atoms. The lowest BCUT2D eigenvalue weighted by Crippen LogP contribution is -2.43. The van der Waals surface area contributed by atoms with Crippen LogP contribution in [0.1, 0.15) is 29.9 Å². The van der Waals surface area contributed by atoms with E-state index < -0.39 is 10.0 Å². The van der Waals surface area contributed by atoms with E-state index in [1.807, 2.05) is 49.4 Å². The summed E-state index contributed by atoms with van der Waals surface area (Å²) in [7, 11) is -3.75. The first-order valence-electron chi connectivity index (χ1n) is 10.4. The molecule has 0 bridgehead atoms. The molecule has 0 N–H and O–H groups in total. The average molecular weight is 439 g/mol. The molecule has 162 valence electrons. The Bertz CT molecular complexity index is 1120. The first-order valence-corrected chi connectivity index (χ1v) is 11.8. The van der Waals surface area contributed by atoms with E-state index in [0.717, 1.165) is 24.2 Å². The Kier molecular flexibility index (Phi) is 6.25. The van der Waals surface area contributed by atoms with Crippen molar-refractivity contribution >= 4 is 15.9 Å². The SMILES string of the molecule is Cc1ccc(CN(Cc2ccccc2)C(=O)CN(C2CC2)S(=O)(=O)c2ccccc2)o1. The number of carbonyl (C=O) groups excluding carboxylic acids is 1. The first-order chi connectivity index (χ1) is 14.9. The molecule has 1 aromatic heterocycles. The lowest BCUT2D eigenvalue weighted by Gasteiger charge is -2.27. The summed E-state index contributed by atoms with van der Waals surface area (Å²) in [6, 6.07) is 21.6. The fourth-order valence-electron chi connectivity index (χ4n) is 3.53. The summed E-state index contributed by atoms with van der Waals surface area (Å²) < 4.78 is 33.5. The Hall–Kier alpha value is -2.90. The number of benzene rings is 2. The van der Waals surface area contributed by atoms with Crippen LogP contribution >= 0.6 is 0 Å². The lowest BCUT2D eigenvalue weighted by atomic mass is 10.2. The van der Waals surface area contributed by atoms with E-state index in [1.165, 1.54) is 4.31 Å². The second-order valence-electron chi connectivity index (χ2n) is 7.84. The summed E-state index contributed by atoms with van der Waals surface area (Å²) in [6.45, 7) is 2.33. The first kappa shape index (κ1) is 21.3. The smallest absolute Gasteiger partial charge is 0.243 e. The van der Waals surface area contributed by atoms with Gasteiger partial charge in [0.15, 0.2) is 0 Å². The van der Waals surface area contributed by atoms with E-state index in [0.29, 0.717) is 12.3 Å². The molecular weight excluding hydrogens is 412 g/mol. The van der Waals surface area contributed by atoms with Crippen LogP contribution in [0.4, 0.5) is 0 Å². The van der Waals surface area contributed by atoms with Crippen LogP contribution in [-0.4, -0.2) is 36.1 Å². The second-order valence-corrected chi connectivity index (χ2v) is 9.73. The van der Waals surface area contributed by atoms with Gasteiger partial charge in [0.05, 0.1) is 18.0 Å². The van der Waals surface area contributed by atoms with Crippen LogP contribution < -0.4 is 0 Å². The van der Waals surface area contributed by atoms with Gasteiger partial charge in [0.25, 0.3) is 0 Å². The summed E-state index contributed by atoms with van der Waals surface area (Å²) in [6.07, 6.45) is 1.55. The summed E-state index contributed by atoms with van der Waals surface area (Å²) in [4.78, 5) is 15.2. The van der Waals surface area contributed by atoms with Crippen molar-refractivity contribution in [1.29, 1.82) is 0 Å². The molecule has 3 aromatic rings. The number of rotatable bonds is 9. The highest BCUT2D eigenvalue weighted by molar-refractivity contribution is 7.89. The zero-order valence-corrected chi connectivity index (χ0v) is 18.3. The zero-order chi connectivity index (χ0) is 21.8. The van der Waals surface area contributed by atoms with Gasteiger partial charge in [0.1, 0.15) is 11.5 Å². The molecule has 0 atom stereocenters. The minimum Gasteiger partial charge on any atom is -0.464 e. The van der Waals surface area contributed by atoms with Gasteiger partial charge in [-0.2, -0.15) is 4.31 Å². The minimum atomic E-state index is -3.75. The minimum absolute atomic E-state index is 0.126. The molecule has 1 fully saturated rings. The van der Waals surface area contributed by atoms with Crippen molar-refractivity contribution in [2.24, 2.45) is 0 Å². The van der Waals surface area contributed by atoms with Crippen molar-refractivity contribution < 1.29 is 17.6 Å². The standard InChI is InChI=1S/C24H26N2O4S/c1-19-12-15-22(30-19)17-25(16-20-8-4-2-5-9-20)24(27)18-26(21-13-14-21)31(28,29)23-10-6-3-7-11-23/h2-12,15,21H,13-14,16-18H2,1H3. The maximum Gasteiger partial charge on any atom is 0.243 e. The Morgan fingerprint density at radius 2 is 1.58 bits per heavy atom. The van der Waals surface area contributed by atoms with Crippen molar-refractivity contribution in [3.8, 4) is 0 Å². The van der Waals surface area contributed by atoms with Gasteiger partial charge in [0, 0.05) is 12.6 Å². The summed E-state index contributed by atoms with van der Waals surface area (Å²) >= 11 is 0. The van der Waals surface area contributed by atoms with E-state index in [4.69, 9.17) is 4.42 Å². The van der Waals surface area contributed by atoms with Gasteiger partial charge >= 0.3 is 0 Å². The van der Waals surface area contributed by atoms with Crippen molar-refractivity contribution in [3.63, 3.8) is 0 Å². The molecule has 0 radical (unpaired) electrons. The number of nitrogens with zero attached hydrogens (tertiary/aromatic N) is 2. The molecule has 6 nitrogen and oxygen atoms in total. The van der Waals surface area contributed by atoms with Crippen LogP contribution in [0.25, 0.3) is 0 Å². The van der Waals surface area contributed by atoms with E-state index in [-0.39, 0.29) is 29.9 Å². The molecule has 4 rings (SSSR count). The fourth-order valence-corrected chi connectivity index (χ4v) is 5.18. The topological polar surface area (TPSA) is 70.8 Å². The third kappa shape index (κ3) is 5.24. The van der Waals surface area contributed by atoms with Crippen molar-refractivity contribution in [3.05, 3.63) is 89.9 Å². The number of sulfonamides is 1. The number of aryl methyl sites for hydroxylation is 1. The predicted octanol–water partition coefficient (Wildman–Crippen LogP) is 3.97. The molecule has 1 aliphatic rings. The van der Waals surface area contributed by atoms with Crippen LogP contribution in [0.15, 0.2) is 82.1 Å². The number of hydrogen-bond acceptors (Lipinski definition) is 4. The average Bonchev–Trinajstić information content (AvgIpc) is 3.53. The van der Waals surface area contributed by atoms with Crippen LogP contribution in [-0.2, 0) is 27.9 Å². The van der Waals surface area contributed by atoms with E-state index in [9.17, 15) is 13.2 Å². The highest BCUT2D eigenvalue weighted by Gasteiger charge is 2.40. The molecule has 0 aliphatic heterocycles. The van der Waals surface area contributed by atoms with Gasteiger partial charge in [-0.25, -0.2) is 8.42 Å². The van der Waals surface area contributed by atoms with E-state index in [1.54, 1.807) is 35.2 Å². The van der Waals surface area contributed by atoms with Gasteiger partial charge in [-0.15, -0.1) is 0 Å². The second kappa shape index (κ2) is 9.08. The number of furan rings is 1. The molecule has 1 heterocycles. The largest absolute Gasteiger partial charge is 0.464 e. The maximum absolute atomic E-state index is 13.4. The Balaban J connectivity index is 1.57. The maximum atomic E-state index is 13.4. The molecule has 1 saturated carbocycles. The van der Waals surface area contributed by atoms with Gasteiger partial charge in [-0.1, -0.05) is 48.5 Å². The Morgan fingerprint density at radius 1 is 0.935 bits per heavy atom. The Labute approximate surface area is 183 Å². The van der Waals surface area contributed by atoms with Gasteiger partial charge < -0.3 is 9.32 Å². The number of amides is 1. The molecular formula is C24H26N2O4S. The van der Waals surface area contributed by atoms with E-state index in [2.05, 4.69) is 0 Å². The summed E-state index contributed by atoms with van der Waals surface area (Å²) in [5.74, 6) is 1.20. The molecule has 0 unspecified atom stereocenters. The fraction of sp³-hybridized carbons (Fsp3) is 0.292. The van der Waals surface area contributed by atoms with Crippen LogP contribution in [0.2, 0.25) is 0 Å². The van der Waals surface area contributed by atoms with Gasteiger partial charge in [-0.3, -0.25) is 4.79 Å².